The van der Waals surface area contributed by atoms with Crippen LogP contribution in [0.25, 0.3) is 0 Å². The fourth-order valence-electron chi connectivity index (χ4n) is 0.484. The lowest BCUT2D eigenvalue weighted by Gasteiger charge is -2.07. The first-order valence-corrected chi connectivity index (χ1v) is 3.54. The van der Waals surface area contributed by atoms with E-state index in [1.807, 2.05) is 5.48 Å². The summed E-state index contributed by atoms with van der Waals surface area (Å²) in [6, 6.07) is 0. The number of ether oxygens (including phenoxy) is 1. The maximum Gasteiger partial charge on any atom is 0.346 e. The van der Waals surface area contributed by atoms with Crippen LogP contribution < -0.4 is 5.48 Å². The molecule has 0 bridgehead atoms. The van der Waals surface area contributed by atoms with E-state index in [4.69, 9.17) is 0 Å². The van der Waals surface area contributed by atoms with E-state index in [1.165, 1.54) is 13.8 Å². The Morgan fingerprint density at radius 3 is 2.15 bits per heavy atom. The van der Waals surface area contributed by atoms with Crippen LogP contribution in [0, 0.1) is 5.92 Å². The van der Waals surface area contributed by atoms with Gasteiger partial charge in [-0.25, -0.2) is 4.79 Å². The SMILES string of the molecule is COC(=O)C(C)C(=O)ONC(C)=O. The number of hydroxylamine groups is 1. The Labute approximate surface area is 75.1 Å². The van der Waals surface area contributed by atoms with Crippen LogP contribution in [0.3, 0.4) is 0 Å². The lowest BCUT2D eigenvalue weighted by atomic mass is 10.2. The third kappa shape index (κ3) is 4.09. The summed E-state index contributed by atoms with van der Waals surface area (Å²) in [5.41, 5.74) is 1.81. The molecule has 6 heteroatoms. The van der Waals surface area contributed by atoms with Crippen molar-refractivity contribution in [2.45, 2.75) is 13.8 Å². The molecule has 0 heterocycles. The van der Waals surface area contributed by atoms with Gasteiger partial charge in [-0.15, -0.1) is 0 Å². The van der Waals surface area contributed by atoms with Crippen molar-refractivity contribution in [2.24, 2.45) is 5.92 Å². The first-order valence-electron chi connectivity index (χ1n) is 3.54. The second-order valence-corrected chi connectivity index (χ2v) is 2.32. The molecule has 1 atom stereocenters. The molecule has 1 N–H and O–H groups in total. The van der Waals surface area contributed by atoms with Crippen LogP contribution in [-0.2, 0) is 24.0 Å². The minimum absolute atomic E-state index is 0.523. The van der Waals surface area contributed by atoms with Gasteiger partial charge in [0.05, 0.1) is 7.11 Å². The number of carbonyl (C=O) groups excluding carboxylic acids is 3. The Kier molecular flexibility index (Phi) is 4.50. The second kappa shape index (κ2) is 5.13. The van der Waals surface area contributed by atoms with Crippen molar-refractivity contribution < 1.29 is 24.0 Å². The van der Waals surface area contributed by atoms with Crippen molar-refractivity contribution >= 4 is 17.8 Å². The molecule has 0 saturated carbocycles. The minimum atomic E-state index is -1.04. The minimum Gasteiger partial charge on any atom is -0.468 e. The van der Waals surface area contributed by atoms with Gasteiger partial charge in [0.25, 0.3) is 0 Å². The van der Waals surface area contributed by atoms with E-state index in [1.54, 1.807) is 0 Å². The van der Waals surface area contributed by atoms with Gasteiger partial charge in [-0.1, -0.05) is 0 Å². The Hall–Kier alpha value is -1.59. The Morgan fingerprint density at radius 2 is 1.77 bits per heavy atom. The molecule has 0 radical (unpaired) electrons. The predicted octanol–water partition coefficient (Wildman–Crippen LogP) is -0.610. The number of amides is 1. The number of hydrogen-bond acceptors (Lipinski definition) is 5. The highest BCUT2D eigenvalue weighted by Crippen LogP contribution is 1.99. The van der Waals surface area contributed by atoms with Crippen molar-refractivity contribution in [2.75, 3.05) is 7.11 Å². The number of carbonyl (C=O) groups is 3. The largest absolute Gasteiger partial charge is 0.468 e. The maximum absolute atomic E-state index is 10.9. The zero-order valence-corrected chi connectivity index (χ0v) is 7.62. The maximum atomic E-state index is 10.9. The standard InChI is InChI=1S/C7H11NO5/c1-4(6(10)12-3)7(11)13-8-5(2)9/h4H,1-3H3,(H,8,9). The Bertz CT molecular complexity index is 225. The molecule has 1 amide bonds. The summed E-state index contributed by atoms with van der Waals surface area (Å²) in [6.45, 7) is 2.49. The molecule has 0 rings (SSSR count). The van der Waals surface area contributed by atoms with E-state index in [0.29, 0.717) is 0 Å². The van der Waals surface area contributed by atoms with E-state index >= 15 is 0 Å². The highest BCUT2D eigenvalue weighted by Gasteiger charge is 2.24. The summed E-state index contributed by atoms with van der Waals surface area (Å²) in [5.74, 6) is -3.14. The molecule has 74 valence electrons. The van der Waals surface area contributed by atoms with Crippen LogP contribution in [0.15, 0.2) is 0 Å². The van der Waals surface area contributed by atoms with E-state index in [0.717, 1.165) is 7.11 Å². The summed E-state index contributed by atoms with van der Waals surface area (Å²) < 4.78 is 4.29. The average Bonchev–Trinajstić information content (AvgIpc) is 2.11. The van der Waals surface area contributed by atoms with Crippen molar-refractivity contribution in [1.82, 2.24) is 5.48 Å². The van der Waals surface area contributed by atoms with E-state index in [2.05, 4.69) is 9.57 Å². The molecule has 0 aliphatic carbocycles. The number of hydrogen-bond donors (Lipinski definition) is 1. The van der Waals surface area contributed by atoms with E-state index in [9.17, 15) is 14.4 Å². The smallest absolute Gasteiger partial charge is 0.346 e. The molecule has 0 aliphatic rings. The van der Waals surface area contributed by atoms with E-state index in [-0.39, 0.29) is 0 Å². The lowest BCUT2D eigenvalue weighted by molar-refractivity contribution is -0.167. The van der Waals surface area contributed by atoms with Gasteiger partial charge < -0.3 is 9.57 Å². The molecule has 6 nitrogen and oxygen atoms in total. The first-order chi connectivity index (χ1) is 5.99. The molecule has 0 fully saturated rings. The Balaban J connectivity index is 3.96. The fraction of sp³-hybridized carbons (Fsp3) is 0.571. The molecule has 0 saturated heterocycles. The summed E-state index contributed by atoms with van der Waals surface area (Å²) in [4.78, 5) is 36.2. The molecule has 0 aliphatic heterocycles. The van der Waals surface area contributed by atoms with Gasteiger partial charge >= 0.3 is 11.9 Å². The number of esters is 1. The zero-order chi connectivity index (χ0) is 10.4. The van der Waals surface area contributed by atoms with Crippen LogP contribution in [0.5, 0.6) is 0 Å². The third-order valence-electron chi connectivity index (χ3n) is 1.20. The summed E-state index contributed by atoms with van der Waals surface area (Å²) in [6.07, 6.45) is 0. The molecule has 0 spiro atoms. The number of rotatable bonds is 2. The summed E-state index contributed by atoms with van der Waals surface area (Å²) in [7, 11) is 1.16. The van der Waals surface area contributed by atoms with Gasteiger partial charge in [-0.3, -0.25) is 9.59 Å². The van der Waals surface area contributed by atoms with Gasteiger partial charge in [0.15, 0.2) is 5.92 Å². The second-order valence-electron chi connectivity index (χ2n) is 2.32. The normalized spacial score (nSPS) is 11.3. The fourth-order valence-corrected chi connectivity index (χ4v) is 0.484. The highest BCUT2D eigenvalue weighted by molar-refractivity contribution is 5.94. The van der Waals surface area contributed by atoms with Crippen molar-refractivity contribution in [3.05, 3.63) is 0 Å². The molecule has 1 unspecified atom stereocenters. The van der Waals surface area contributed by atoms with Crippen LogP contribution in [-0.4, -0.2) is 25.0 Å². The molecular formula is C7H11NO5. The quantitative estimate of drug-likeness (QED) is 0.356. The van der Waals surface area contributed by atoms with Gasteiger partial charge in [0, 0.05) is 6.92 Å². The van der Waals surface area contributed by atoms with Crippen LogP contribution in [0.1, 0.15) is 13.8 Å². The van der Waals surface area contributed by atoms with Gasteiger partial charge in [0.1, 0.15) is 0 Å². The van der Waals surface area contributed by atoms with Crippen molar-refractivity contribution in [3.8, 4) is 0 Å². The van der Waals surface area contributed by atoms with Gasteiger partial charge in [-0.05, 0) is 6.92 Å². The Morgan fingerprint density at radius 1 is 1.23 bits per heavy atom. The van der Waals surface area contributed by atoms with Crippen molar-refractivity contribution in [3.63, 3.8) is 0 Å². The monoisotopic (exact) mass is 189 g/mol. The molecule has 0 aromatic heterocycles. The first kappa shape index (κ1) is 11.4. The van der Waals surface area contributed by atoms with Crippen LogP contribution in [0.4, 0.5) is 0 Å². The van der Waals surface area contributed by atoms with Gasteiger partial charge in [-0.2, -0.15) is 5.48 Å². The lowest BCUT2D eigenvalue weighted by Crippen LogP contribution is -2.31. The zero-order valence-electron chi connectivity index (χ0n) is 7.62. The van der Waals surface area contributed by atoms with E-state index < -0.39 is 23.8 Å². The average molecular weight is 189 g/mol. The number of nitrogens with one attached hydrogen (secondary N) is 1. The van der Waals surface area contributed by atoms with Crippen LogP contribution >= 0.6 is 0 Å². The predicted molar refractivity (Wildman–Crippen MR) is 41.1 cm³/mol. The third-order valence-corrected chi connectivity index (χ3v) is 1.20. The van der Waals surface area contributed by atoms with Crippen molar-refractivity contribution in [1.29, 1.82) is 0 Å². The van der Waals surface area contributed by atoms with Crippen LogP contribution in [0.2, 0.25) is 0 Å². The topological polar surface area (TPSA) is 81.7 Å². The number of methoxy groups -OCH3 is 1. The summed E-state index contributed by atoms with van der Waals surface area (Å²) >= 11 is 0. The molecular weight excluding hydrogens is 178 g/mol. The summed E-state index contributed by atoms with van der Waals surface area (Å²) in [5, 5.41) is 0. The molecule has 0 aromatic carbocycles. The molecule has 13 heavy (non-hydrogen) atoms. The molecule has 0 aromatic rings. The van der Waals surface area contributed by atoms with Gasteiger partial charge in [0.2, 0.25) is 5.91 Å². The highest BCUT2D eigenvalue weighted by atomic mass is 16.7.